The van der Waals surface area contributed by atoms with Crippen LogP contribution in [0.4, 0.5) is 0 Å². The van der Waals surface area contributed by atoms with Crippen molar-refractivity contribution >= 4 is 11.0 Å². The Hall–Kier alpha value is -3.52. The number of hydrogen-bond donors (Lipinski definition) is 2. The molecule has 0 saturated carbocycles. The van der Waals surface area contributed by atoms with Crippen LogP contribution in [0.15, 0.2) is 41.2 Å². The number of fused-ring (bicyclic) bond motifs is 1. The van der Waals surface area contributed by atoms with Gasteiger partial charge in [-0.05, 0) is 48.9 Å². The topological polar surface area (TPSA) is 94.4 Å². The maximum Gasteiger partial charge on any atom is 0.328 e. The lowest BCUT2D eigenvalue weighted by Gasteiger charge is -2.08. The van der Waals surface area contributed by atoms with Crippen molar-refractivity contribution in [3.05, 3.63) is 52.4 Å². The Balaban J connectivity index is 1.91. The molecule has 0 atom stereocenters. The molecule has 156 valence electrons. The van der Waals surface area contributed by atoms with Crippen LogP contribution in [-0.2, 0) is 20.6 Å². The van der Waals surface area contributed by atoms with Crippen LogP contribution in [0, 0.1) is 6.92 Å². The maximum atomic E-state index is 12.3. The van der Waals surface area contributed by atoms with E-state index in [2.05, 4.69) is 0 Å². The first-order chi connectivity index (χ1) is 14.3. The van der Waals surface area contributed by atoms with Gasteiger partial charge in [0.15, 0.2) is 11.5 Å². The molecule has 0 radical (unpaired) electrons. The van der Waals surface area contributed by atoms with Gasteiger partial charge in [-0.15, -0.1) is 0 Å². The quantitative estimate of drug-likeness (QED) is 0.529. The lowest BCUT2D eigenvalue weighted by atomic mass is 10.0. The number of aromatic nitrogens is 4. The summed E-state index contributed by atoms with van der Waals surface area (Å²) in [7, 11) is 5.01. The molecule has 0 aliphatic carbocycles. The predicted octanol–water partition coefficient (Wildman–Crippen LogP) is 2.42. The summed E-state index contributed by atoms with van der Waals surface area (Å²) in [5, 5.41) is 24.1. The highest BCUT2D eigenvalue weighted by molar-refractivity contribution is 5.85. The normalized spacial score (nSPS) is 11.4. The highest BCUT2D eigenvalue weighted by Gasteiger charge is 2.17. The molecule has 2 aromatic carbocycles. The number of methoxy groups -OCH3 is 1. The summed E-state index contributed by atoms with van der Waals surface area (Å²) in [6.45, 7) is 2.25. The minimum absolute atomic E-state index is 0.0565. The molecule has 0 saturated heterocycles. The van der Waals surface area contributed by atoms with E-state index in [1.54, 1.807) is 46.1 Å². The van der Waals surface area contributed by atoms with Crippen LogP contribution in [0.3, 0.4) is 0 Å². The molecule has 4 aromatic rings. The van der Waals surface area contributed by atoms with E-state index in [0.717, 1.165) is 39.1 Å². The van der Waals surface area contributed by atoms with E-state index in [0.29, 0.717) is 12.3 Å². The molecule has 30 heavy (non-hydrogen) atoms. The Labute approximate surface area is 173 Å². The summed E-state index contributed by atoms with van der Waals surface area (Å²) in [4.78, 5) is 12.3. The lowest BCUT2D eigenvalue weighted by Crippen LogP contribution is -2.19. The average Bonchev–Trinajstić information content (AvgIpc) is 3.23. The fourth-order valence-corrected chi connectivity index (χ4v) is 3.81. The standard InChI is InChI=1S/C22H24N4O4/c1-13-9-18-19(25(3)22(29)24(18)2)11-15(13)16-12-17(26(23-16)7-8-27)14-5-6-20(28)21(10-14)30-4/h5-6,9-12,27-28H,7-8H2,1-4H3. The van der Waals surface area contributed by atoms with Gasteiger partial charge in [0.2, 0.25) is 0 Å². The molecule has 0 aliphatic heterocycles. The van der Waals surface area contributed by atoms with E-state index >= 15 is 0 Å². The Morgan fingerprint density at radius 2 is 1.77 bits per heavy atom. The van der Waals surface area contributed by atoms with Crippen LogP contribution in [0.1, 0.15) is 5.56 Å². The van der Waals surface area contributed by atoms with Crippen LogP contribution in [-0.4, -0.2) is 42.8 Å². The summed E-state index contributed by atoms with van der Waals surface area (Å²) in [5.41, 5.74) is 5.85. The first-order valence-corrected chi connectivity index (χ1v) is 9.58. The van der Waals surface area contributed by atoms with E-state index in [1.165, 1.54) is 7.11 Å². The minimum Gasteiger partial charge on any atom is -0.504 e. The van der Waals surface area contributed by atoms with Crippen molar-refractivity contribution in [1.82, 2.24) is 18.9 Å². The monoisotopic (exact) mass is 408 g/mol. The Bertz CT molecular complexity index is 1310. The lowest BCUT2D eigenvalue weighted by molar-refractivity contribution is 0.270. The van der Waals surface area contributed by atoms with E-state index < -0.39 is 0 Å². The summed E-state index contributed by atoms with van der Waals surface area (Å²) in [6.07, 6.45) is 0. The molecule has 0 amide bonds. The Kier molecular flexibility index (Phi) is 4.87. The van der Waals surface area contributed by atoms with Gasteiger partial charge in [-0.2, -0.15) is 5.10 Å². The van der Waals surface area contributed by atoms with Gasteiger partial charge in [0.1, 0.15) is 0 Å². The van der Waals surface area contributed by atoms with Gasteiger partial charge in [-0.1, -0.05) is 0 Å². The van der Waals surface area contributed by atoms with E-state index in [9.17, 15) is 15.0 Å². The molecule has 0 spiro atoms. The van der Waals surface area contributed by atoms with Gasteiger partial charge >= 0.3 is 5.69 Å². The van der Waals surface area contributed by atoms with Gasteiger partial charge in [0.05, 0.1) is 42.7 Å². The number of aliphatic hydroxyl groups is 1. The second kappa shape index (κ2) is 7.38. The number of ether oxygens (including phenoxy) is 1. The number of phenolic OH excluding ortho intramolecular Hbond substituents is 1. The first kappa shape index (κ1) is 19.8. The van der Waals surface area contributed by atoms with Crippen molar-refractivity contribution in [1.29, 1.82) is 0 Å². The highest BCUT2D eigenvalue weighted by Crippen LogP contribution is 2.34. The van der Waals surface area contributed by atoms with Crippen molar-refractivity contribution in [3.8, 4) is 34.0 Å². The Morgan fingerprint density at radius 3 is 2.43 bits per heavy atom. The molecular formula is C22H24N4O4. The zero-order chi connectivity index (χ0) is 21.6. The Morgan fingerprint density at radius 1 is 1.07 bits per heavy atom. The van der Waals surface area contributed by atoms with Crippen LogP contribution in [0.25, 0.3) is 33.5 Å². The van der Waals surface area contributed by atoms with Crippen molar-refractivity contribution in [2.45, 2.75) is 13.5 Å². The van der Waals surface area contributed by atoms with E-state index in [1.807, 2.05) is 25.1 Å². The molecule has 4 rings (SSSR count). The van der Waals surface area contributed by atoms with Gasteiger partial charge in [0, 0.05) is 25.2 Å². The molecule has 2 N–H and O–H groups in total. The smallest absolute Gasteiger partial charge is 0.328 e. The van der Waals surface area contributed by atoms with Gasteiger partial charge in [-0.25, -0.2) is 4.79 Å². The summed E-state index contributed by atoms with van der Waals surface area (Å²) in [5.74, 6) is 0.420. The summed E-state index contributed by atoms with van der Waals surface area (Å²) < 4.78 is 10.2. The third-order valence-electron chi connectivity index (χ3n) is 5.46. The largest absolute Gasteiger partial charge is 0.504 e. The van der Waals surface area contributed by atoms with E-state index in [-0.39, 0.29) is 18.0 Å². The molecular weight excluding hydrogens is 384 g/mol. The first-order valence-electron chi connectivity index (χ1n) is 9.58. The molecule has 2 heterocycles. The van der Waals surface area contributed by atoms with Crippen molar-refractivity contribution in [2.75, 3.05) is 13.7 Å². The number of nitrogens with zero attached hydrogens (tertiary/aromatic N) is 4. The van der Waals surface area contributed by atoms with E-state index in [4.69, 9.17) is 9.84 Å². The maximum absolute atomic E-state index is 12.3. The van der Waals surface area contributed by atoms with Gasteiger partial charge < -0.3 is 14.9 Å². The van der Waals surface area contributed by atoms with Crippen LogP contribution >= 0.6 is 0 Å². The molecule has 0 fully saturated rings. The van der Waals surface area contributed by atoms with Crippen LogP contribution in [0.5, 0.6) is 11.5 Å². The molecule has 8 heteroatoms. The van der Waals surface area contributed by atoms with Gasteiger partial charge in [-0.3, -0.25) is 13.8 Å². The number of aliphatic hydroxyl groups excluding tert-OH is 1. The summed E-state index contributed by atoms with van der Waals surface area (Å²) in [6, 6.07) is 11.0. The average molecular weight is 408 g/mol. The zero-order valence-corrected chi connectivity index (χ0v) is 17.4. The fraction of sp³-hybridized carbons (Fsp3) is 0.273. The molecule has 0 bridgehead atoms. The third kappa shape index (κ3) is 3.05. The van der Waals surface area contributed by atoms with Crippen LogP contribution in [0.2, 0.25) is 0 Å². The van der Waals surface area contributed by atoms with Crippen LogP contribution < -0.4 is 10.4 Å². The van der Waals surface area contributed by atoms with Crippen molar-refractivity contribution in [3.63, 3.8) is 0 Å². The van der Waals surface area contributed by atoms with Crippen molar-refractivity contribution in [2.24, 2.45) is 14.1 Å². The summed E-state index contributed by atoms with van der Waals surface area (Å²) >= 11 is 0. The third-order valence-corrected chi connectivity index (χ3v) is 5.46. The molecule has 0 aliphatic rings. The minimum atomic E-state index is -0.0794. The second-order valence-corrected chi connectivity index (χ2v) is 7.30. The number of aryl methyl sites for hydroxylation is 3. The predicted molar refractivity (Wildman–Crippen MR) is 115 cm³/mol. The number of hydrogen-bond acceptors (Lipinski definition) is 5. The SMILES string of the molecule is COc1cc(-c2cc(-c3cc4c(cc3C)n(C)c(=O)n4C)nn2CCO)ccc1O. The number of imidazole rings is 1. The van der Waals surface area contributed by atoms with Crippen molar-refractivity contribution < 1.29 is 14.9 Å². The molecule has 0 unspecified atom stereocenters. The fourth-order valence-electron chi connectivity index (χ4n) is 3.81. The number of benzene rings is 2. The molecule has 2 aromatic heterocycles. The number of rotatable bonds is 5. The highest BCUT2D eigenvalue weighted by atomic mass is 16.5. The zero-order valence-electron chi connectivity index (χ0n) is 17.4. The second-order valence-electron chi connectivity index (χ2n) is 7.30. The molecule has 8 nitrogen and oxygen atoms in total. The number of phenols is 1. The number of aromatic hydroxyl groups is 1. The van der Waals surface area contributed by atoms with Gasteiger partial charge in [0.25, 0.3) is 0 Å².